The molecular weight excluding hydrogens is 508 g/mol. The number of carbonyl (C=O) groups is 2. The number of anilines is 1. The maximum Gasteiger partial charge on any atom is 0.322 e. The van der Waals surface area contributed by atoms with Crippen molar-refractivity contribution in [3.63, 3.8) is 0 Å². The van der Waals surface area contributed by atoms with E-state index in [-0.39, 0.29) is 30.7 Å². The van der Waals surface area contributed by atoms with E-state index in [0.717, 1.165) is 12.1 Å². The number of rotatable bonds is 9. The van der Waals surface area contributed by atoms with E-state index in [1.807, 2.05) is 12.2 Å². The molecule has 2 unspecified atom stereocenters. The third kappa shape index (κ3) is 8.09. The first-order valence-corrected chi connectivity index (χ1v) is 12.8. The number of carbonyl (C=O) groups excluding carboxylic acids is 2. The van der Waals surface area contributed by atoms with Crippen molar-refractivity contribution >= 4 is 17.6 Å². The molecule has 2 atom stereocenters. The van der Waals surface area contributed by atoms with Crippen molar-refractivity contribution in [1.29, 1.82) is 0 Å². The van der Waals surface area contributed by atoms with Gasteiger partial charge in [0, 0.05) is 55.7 Å². The standard InChI is InChI=1S/C28H33F2N5O4/c29-23-10-9-21(15-24(23)30)32-28(38)35(18-22(36)17-34-11-13-39-14-12-34)16-19-5-7-20(8-6-19)27(37)33-26-4-2-1-3-25(26)31/h1-3,5-10,15,22,26,36H,4,11-14,16-18,31H2,(H,32,38)(H,33,37). The highest BCUT2D eigenvalue weighted by Gasteiger charge is 2.22. The van der Waals surface area contributed by atoms with Crippen LogP contribution in [0.5, 0.6) is 0 Å². The van der Waals surface area contributed by atoms with Gasteiger partial charge in [-0.25, -0.2) is 13.6 Å². The molecule has 1 fully saturated rings. The van der Waals surface area contributed by atoms with Gasteiger partial charge in [-0.05, 0) is 42.3 Å². The number of ether oxygens (including phenoxy) is 1. The minimum Gasteiger partial charge on any atom is -0.400 e. The molecule has 2 aromatic rings. The molecule has 1 heterocycles. The molecule has 1 saturated heterocycles. The van der Waals surface area contributed by atoms with Gasteiger partial charge in [0.1, 0.15) is 0 Å². The molecule has 9 nitrogen and oxygen atoms in total. The van der Waals surface area contributed by atoms with Crippen LogP contribution in [0.2, 0.25) is 0 Å². The molecule has 1 aliphatic carbocycles. The zero-order valence-corrected chi connectivity index (χ0v) is 21.5. The van der Waals surface area contributed by atoms with Gasteiger partial charge >= 0.3 is 6.03 Å². The molecule has 0 radical (unpaired) electrons. The Kier molecular flexibility index (Phi) is 9.64. The van der Waals surface area contributed by atoms with Gasteiger partial charge in [0.05, 0.1) is 25.4 Å². The van der Waals surface area contributed by atoms with Gasteiger partial charge in [-0.3, -0.25) is 9.69 Å². The highest BCUT2D eigenvalue weighted by molar-refractivity contribution is 5.94. The molecule has 4 rings (SSSR count). The first-order valence-electron chi connectivity index (χ1n) is 12.8. The lowest BCUT2D eigenvalue weighted by molar-refractivity contribution is 0.00941. The number of hydrogen-bond acceptors (Lipinski definition) is 6. The summed E-state index contributed by atoms with van der Waals surface area (Å²) >= 11 is 0. The summed E-state index contributed by atoms with van der Waals surface area (Å²) in [5.41, 5.74) is 7.79. The third-order valence-corrected chi connectivity index (χ3v) is 6.56. The minimum absolute atomic E-state index is 0.00405. The Morgan fingerprint density at radius 1 is 1.13 bits per heavy atom. The second kappa shape index (κ2) is 13.3. The lowest BCUT2D eigenvalue weighted by Gasteiger charge is -2.31. The number of nitrogens with two attached hydrogens (primary N) is 1. The van der Waals surface area contributed by atoms with Gasteiger partial charge < -0.3 is 31.1 Å². The number of nitrogens with zero attached hydrogens (tertiary/aromatic N) is 2. The Morgan fingerprint density at radius 2 is 1.87 bits per heavy atom. The summed E-state index contributed by atoms with van der Waals surface area (Å²) in [5.74, 6) is -2.37. The summed E-state index contributed by atoms with van der Waals surface area (Å²) in [5, 5.41) is 16.2. The number of morpholine rings is 1. The minimum atomic E-state index is -1.08. The summed E-state index contributed by atoms with van der Waals surface area (Å²) < 4.78 is 32.4. The average Bonchev–Trinajstić information content (AvgIpc) is 2.92. The fourth-order valence-electron chi connectivity index (χ4n) is 4.40. The highest BCUT2D eigenvalue weighted by Crippen LogP contribution is 2.16. The first-order chi connectivity index (χ1) is 18.8. The average molecular weight is 542 g/mol. The Bertz CT molecular complexity index is 1210. The second-order valence-electron chi connectivity index (χ2n) is 9.56. The van der Waals surface area contributed by atoms with Gasteiger partial charge in [0.25, 0.3) is 5.91 Å². The van der Waals surface area contributed by atoms with Gasteiger partial charge in [0.15, 0.2) is 11.6 Å². The molecular formula is C28H33F2N5O4. The topological polar surface area (TPSA) is 120 Å². The van der Waals surface area contributed by atoms with E-state index >= 15 is 0 Å². The first kappa shape index (κ1) is 28.2. The molecule has 3 amide bonds. The predicted molar refractivity (Wildman–Crippen MR) is 143 cm³/mol. The number of urea groups is 1. The molecule has 0 saturated carbocycles. The Hall–Kier alpha value is -3.80. The van der Waals surface area contributed by atoms with Gasteiger partial charge in [-0.2, -0.15) is 0 Å². The third-order valence-electron chi connectivity index (χ3n) is 6.56. The van der Waals surface area contributed by atoms with Crippen molar-refractivity contribution in [2.24, 2.45) is 5.73 Å². The molecule has 0 spiro atoms. The SMILES string of the molecule is NC1=CC=CCC1NC(=O)c1ccc(CN(CC(O)CN2CCOCC2)C(=O)Nc2ccc(F)c(F)c2)cc1. The van der Waals surface area contributed by atoms with E-state index in [9.17, 15) is 23.5 Å². The van der Waals surface area contributed by atoms with E-state index in [2.05, 4.69) is 15.5 Å². The van der Waals surface area contributed by atoms with Crippen molar-refractivity contribution in [1.82, 2.24) is 15.1 Å². The van der Waals surface area contributed by atoms with Gasteiger partial charge in [-0.1, -0.05) is 24.3 Å². The molecule has 1 aliphatic heterocycles. The maximum absolute atomic E-state index is 13.7. The zero-order valence-electron chi connectivity index (χ0n) is 21.5. The number of aliphatic hydroxyl groups excluding tert-OH is 1. The van der Waals surface area contributed by atoms with Crippen LogP contribution in [0.25, 0.3) is 0 Å². The fourth-order valence-corrected chi connectivity index (χ4v) is 4.40. The summed E-state index contributed by atoms with van der Waals surface area (Å²) in [7, 11) is 0. The summed E-state index contributed by atoms with van der Waals surface area (Å²) in [6.45, 7) is 2.98. The van der Waals surface area contributed by atoms with Crippen LogP contribution in [-0.2, 0) is 11.3 Å². The van der Waals surface area contributed by atoms with Gasteiger partial charge in [-0.15, -0.1) is 0 Å². The van der Waals surface area contributed by atoms with Gasteiger partial charge in [0.2, 0.25) is 0 Å². The number of amides is 3. The van der Waals surface area contributed by atoms with Crippen LogP contribution in [0, 0.1) is 11.6 Å². The number of allylic oxidation sites excluding steroid dienone is 2. The van der Waals surface area contributed by atoms with E-state index in [1.165, 1.54) is 11.0 Å². The lowest BCUT2D eigenvalue weighted by atomic mass is 10.0. The zero-order chi connectivity index (χ0) is 27.8. The Morgan fingerprint density at radius 3 is 2.56 bits per heavy atom. The number of benzene rings is 2. The van der Waals surface area contributed by atoms with Crippen LogP contribution in [0.15, 0.2) is 66.4 Å². The quantitative estimate of drug-likeness (QED) is 0.388. The summed E-state index contributed by atoms with van der Waals surface area (Å²) in [6.07, 6.45) is 5.29. The molecule has 0 aromatic heterocycles. The van der Waals surface area contributed by atoms with Crippen molar-refractivity contribution in [3.05, 3.63) is 89.2 Å². The molecule has 0 bridgehead atoms. The fraction of sp³-hybridized carbons (Fsp3) is 0.357. The van der Waals surface area contributed by atoms with Crippen molar-refractivity contribution in [2.45, 2.75) is 25.1 Å². The molecule has 2 aromatic carbocycles. The smallest absolute Gasteiger partial charge is 0.322 e. The monoisotopic (exact) mass is 541 g/mol. The number of halogens is 2. The van der Waals surface area contributed by atoms with Crippen LogP contribution in [0.4, 0.5) is 19.3 Å². The van der Waals surface area contributed by atoms with E-state index in [0.29, 0.717) is 56.1 Å². The number of aliphatic hydroxyl groups is 1. The Balaban J connectivity index is 1.43. The number of nitrogens with one attached hydrogen (secondary N) is 2. The normalized spacial score (nSPS) is 18.2. The van der Waals surface area contributed by atoms with Crippen molar-refractivity contribution in [3.8, 4) is 0 Å². The largest absolute Gasteiger partial charge is 0.400 e. The van der Waals surface area contributed by atoms with Crippen LogP contribution in [0.1, 0.15) is 22.3 Å². The van der Waals surface area contributed by atoms with Crippen LogP contribution in [0.3, 0.4) is 0 Å². The lowest BCUT2D eigenvalue weighted by Crippen LogP contribution is -2.46. The van der Waals surface area contributed by atoms with Crippen molar-refractivity contribution in [2.75, 3.05) is 44.7 Å². The molecule has 39 heavy (non-hydrogen) atoms. The molecule has 5 N–H and O–H groups in total. The number of β-amino-alcohol motifs (C(OH)–C–C–N with tert-alkyl or cyclic N) is 1. The van der Waals surface area contributed by atoms with Crippen LogP contribution < -0.4 is 16.4 Å². The predicted octanol–water partition coefficient (Wildman–Crippen LogP) is 2.59. The highest BCUT2D eigenvalue weighted by atomic mass is 19.2. The van der Waals surface area contributed by atoms with E-state index in [1.54, 1.807) is 30.3 Å². The number of hydrogen-bond donors (Lipinski definition) is 4. The van der Waals surface area contributed by atoms with Crippen molar-refractivity contribution < 1.29 is 28.2 Å². The van der Waals surface area contributed by atoms with E-state index < -0.39 is 23.8 Å². The van der Waals surface area contributed by atoms with Crippen LogP contribution in [-0.4, -0.2) is 78.4 Å². The molecule has 11 heteroatoms. The summed E-state index contributed by atoms with van der Waals surface area (Å²) in [4.78, 5) is 29.3. The molecule has 2 aliphatic rings. The van der Waals surface area contributed by atoms with E-state index in [4.69, 9.17) is 10.5 Å². The molecule has 208 valence electrons. The van der Waals surface area contributed by atoms with Crippen LogP contribution >= 0.6 is 0 Å². The summed E-state index contributed by atoms with van der Waals surface area (Å²) in [6, 6.07) is 8.98. The second-order valence-corrected chi connectivity index (χ2v) is 9.56. The Labute approximate surface area is 225 Å². The maximum atomic E-state index is 13.7.